The number of hydrogen-bond donors (Lipinski definition) is 1. The van der Waals surface area contributed by atoms with E-state index in [0.717, 1.165) is 16.2 Å². The van der Waals surface area contributed by atoms with E-state index in [1.807, 2.05) is 6.20 Å². The highest BCUT2D eigenvalue weighted by Crippen LogP contribution is 2.31. The number of pyridine rings is 1. The molecule has 17 heavy (non-hydrogen) atoms. The SMILES string of the molecule is CCC1CCCCC1Nc1ncc(C)cc1Br. The molecule has 3 heteroatoms. The van der Waals surface area contributed by atoms with Gasteiger partial charge in [0.05, 0.1) is 4.47 Å². The van der Waals surface area contributed by atoms with Crippen molar-refractivity contribution in [3.63, 3.8) is 0 Å². The monoisotopic (exact) mass is 296 g/mol. The lowest BCUT2D eigenvalue weighted by Crippen LogP contribution is -2.32. The van der Waals surface area contributed by atoms with Crippen LogP contribution >= 0.6 is 15.9 Å². The van der Waals surface area contributed by atoms with Crippen LogP contribution in [0.3, 0.4) is 0 Å². The van der Waals surface area contributed by atoms with Gasteiger partial charge in [-0.15, -0.1) is 0 Å². The van der Waals surface area contributed by atoms with E-state index in [4.69, 9.17) is 0 Å². The standard InChI is InChI=1S/C14H21BrN2/c1-3-11-6-4-5-7-13(11)17-14-12(15)8-10(2)9-16-14/h8-9,11,13H,3-7H2,1-2H3,(H,16,17). The van der Waals surface area contributed by atoms with E-state index in [-0.39, 0.29) is 0 Å². The molecule has 0 aromatic carbocycles. The summed E-state index contributed by atoms with van der Waals surface area (Å²) in [6, 6.07) is 2.72. The summed E-state index contributed by atoms with van der Waals surface area (Å²) < 4.78 is 1.08. The fraction of sp³-hybridized carbons (Fsp3) is 0.643. The maximum Gasteiger partial charge on any atom is 0.140 e. The summed E-state index contributed by atoms with van der Waals surface area (Å²) in [5, 5.41) is 3.62. The highest BCUT2D eigenvalue weighted by atomic mass is 79.9. The molecule has 1 aromatic heterocycles. The fourth-order valence-corrected chi connectivity index (χ4v) is 3.28. The van der Waals surface area contributed by atoms with E-state index in [1.54, 1.807) is 0 Å². The second-order valence-corrected chi connectivity index (χ2v) is 5.90. The third-order valence-electron chi connectivity index (χ3n) is 3.73. The number of anilines is 1. The molecule has 0 amide bonds. The van der Waals surface area contributed by atoms with Crippen molar-refractivity contribution < 1.29 is 0 Å². The molecular formula is C14H21BrN2. The van der Waals surface area contributed by atoms with Crippen LogP contribution in [0.5, 0.6) is 0 Å². The van der Waals surface area contributed by atoms with Crippen LogP contribution in [0.2, 0.25) is 0 Å². The molecule has 94 valence electrons. The summed E-state index contributed by atoms with van der Waals surface area (Å²) in [7, 11) is 0. The van der Waals surface area contributed by atoms with Crippen LogP contribution in [0.4, 0.5) is 5.82 Å². The lowest BCUT2D eigenvalue weighted by atomic mass is 9.83. The zero-order chi connectivity index (χ0) is 12.3. The van der Waals surface area contributed by atoms with Crippen LogP contribution in [0.1, 0.15) is 44.6 Å². The van der Waals surface area contributed by atoms with Crippen molar-refractivity contribution >= 4 is 21.7 Å². The van der Waals surface area contributed by atoms with Crippen molar-refractivity contribution in [3.8, 4) is 0 Å². The molecule has 1 aliphatic carbocycles. The van der Waals surface area contributed by atoms with Gasteiger partial charge in [0.25, 0.3) is 0 Å². The first-order valence-corrected chi connectivity index (χ1v) is 7.38. The molecule has 0 aliphatic heterocycles. The number of nitrogens with zero attached hydrogens (tertiary/aromatic N) is 1. The van der Waals surface area contributed by atoms with Gasteiger partial charge >= 0.3 is 0 Å². The molecule has 1 saturated carbocycles. The Labute approximate surface area is 112 Å². The van der Waals surface area contributed by atoms with Gasteiger partial charge in [-0.05, 0) is 53.2 Å². The smallest absolute Gasteiger partial charge is 0.140 e. The first-order valence-electron chi connectivity index (χ1n) is 6.59. The summed E-state index contributed by atoms with van der Waals surface area (Å²) >= 11 is 3.59. The number of nitrogens with one attached hydrogen (secondary N) is 1. The molecule has 2 nitrogen and oxygen atoms in total. The Kier molecular flexibility index (Phi) is 4.43. The van der Waals surface area contributed by atoms with Gasteiger partial charge in [-0.25, -0.2) is 4.98 Å². The van der Waals surface area contributed by atoms with Gasteiger partial charge in [-0.2, -0.15) is 0 Å². The Morgan fingerprint density at radius 1 is 1.41 bits per heavy atom. The third-order valence-corrected chi connectivity index (χ3v) is 4.34. The fourth-order valence-electron chi connectivity index (χ4n) is 2.70. The Balaban J connectivity index is 2.08. The quantitative estimate of drug-likeness (QED) is 0.886. The zero-order valence-electron chi connectivity index (χ0n) is 10.7. The van der Waals surface area contributed by atoms with E-state index in [0.29, 0.717) is 6.04 Å². The van der Waals surface area contributed by atoms with Crippen molar-refractivity contribution in [1.29, 1.82) is 0 Å². The Bertz CT molecular complexity index is 378. The van der Waals surface area contributed by atoms with Gasteiger partial charge in [-0.1, -0.05) is 26.2 Å². The zero-order valence-corrected chi connectivity index (χ0v) is 12.3. The summed E-state index contributed by atoms with van der Waals surface area (Å²) in [5.74, 6) is 1.81. The largest absolute Gasteiger partial charge is 0.366 e. The minimum absolute atomic E-state index is 0.597. The van der Waals surface area contributed by atoms with Crippen LogP contribution in [0.25, 0.3) is 0 Å². The van der Waals surface area contributed by atoms with E-state index >= 15 is 0 Å². The second-order valence-electron chi connectivity index (χ2n) is 5.05. The lowest BCUT2D eigenvalue weighted by Gasteiger charge is -2.32. The maximum absolute atomic E-state index is 4.48. The lowest BCUT2D eigenvalue weighted by molar-refractivity contribution is 0.316. The summed E-state index contributed by atoms with van der Waals surface area (Å²) in [5.41, 5.74) is 1.19. The van der Waals surface area contributed by atoms with Crippen molar-refractivity contribution in [2.45, 2.75) is 52.0 Å². The van der Waals surface area contributed by atoms with E-state index in [1.165, 1.54) is 37.7 Å². The average molecular weight is 297 g/mol. The molecule has 0 radical (unpaired) electrons. The molecule has 2 rings (SSSR count). The van der Waals surface area contributed by atoms with Crippen molar-refractivity contribution in [3.05, 3.63) is 22.3 Å². The number of aryl methyl sites for hydroxylation is 1. The van der Waals surface area contributed by atoms with Gasteiger partial charge < -0.3 is 5.32 Å². The molecular weight excluding hydrogens is 276 g/mol. The van der Waals surface area contributed by atoms with Crippen LogP contribution in [0.15, 0.2) is 16.7 Å². The van der Waals surface area contributed by atoms with Gasteiger partial charge in [0.1, 0.15) is 5.82 Å². The predicted molar refractivity (Wildman–Crippen MR) is 76.3 cm³/mol. The second kappa shape index (κ2) is 5.85. The minimum Gasteiger partial charge on any atom is -0.366 e. The number of rotatable bonds is 3. The topological polar surface area (TPSA) is 24.9 Å². The third kappa shape index (κ3) is 3.21. The molecule has 1 aliphatic rings. The average Bonchev–Trinajstić information content (AvgIpc) is 2.33. The van der Waals surface area contributed by atoms with Crippen LogP contribution in [0, 0.1) is 12.8 Å². The van der Waals surface area contributed by atoms with Gasteiger partial charge in [0.15, 0.2) is 0 Å². The van der Waals surface area contributed by atoms with Crippen molar-refractivity contribution in [1.82, 2.24) is 4.98 Å². The number of hydrogen-bond acceptors (Lipinski definition) is 2. The molecule has 1 fully saturated rings. The molecule has 1 N–H and O–H groups in total. The van der Waals surface area contributed by atoms with E-state index < -0.39 is 0 Å². The Morgan fingerprint density at radius 2 is 2.18 bits per heavy atom. The van der Waals surface area contributed by atoms with Gasteiger partial charge in [0, 0.05) is 12.2 Å². The molecule has 0 saturated heterocycles. The van der Waals surface area contributed by atoms with Gasteiger partial charge in [0.2, 0.25) is 0 Å². The highest BCUT2D eigenvalue weighted by Gasteiger charge is 2.24. The van der Waals surface area contributed by atoms with Crippen LogP contribution in [-0.2, 0) is 0 Å². The van der Waals surface area contributed by atoms with E-state index in [9.17, 15) is 0 Å². The van der Waals surface area contributed by atoms with Gasteiger partial charge in [-0.3, -0.25) is 0 Å². The first kappa shape index (κ1) is 12.9. The maximum atomic E-state index is 4.48. The summed E-state index contributed by atoms with van der Waals surface area (Å²) in [6.07, 6.45) is 8.56. The van der Waals surface area contributed by atoms with E-state index in [2.05, 4.69) is 46.1 Å². The molecule has 0 bridgehead atoms. The number of aromatic nitrogens is 1. The van der Waals surface area contributed by atoms with Crippen molar-refractivity contribution in [2.75, 3.05) is 5.32 Å². The molecule has 1 heterocycles. The molecule has 1 aromatic rings. The molecule has 2 atom stereocenters. The normalized spacial score (nSPS) is 24.6. The van der Waals surface area contributed by atoms with Crippen molar-refractivity contribution in [2.24, 2.45) is 5.92 Å². The Morgan fingerprint density at radius 3 is 2.88 bits per heavy atom. The minimum atomic E-state index is 0.597. The summed E-state index contributed by atoms with van der Waals surface area (Å²) in [4.78, 5) is 4.48. The van der Waals surface area contributed by atoms with Crippen LogP contribution in [-0.4, -0.2) is 11.0 Å². The Hall–Kier alpha value is -0.570. The molecule has 0 spiro atoms. The predicted octanol–water partition coefficient (Wildman–Crippen LogP) is 4.53. The highest BCUT2D eigenvalue weighted by molar-refractivity contribution is 9.10. The summed E-state index contributed by atoms with van der Waals surface area (Å²) in [6.45, 7) is 4.36. The van der Waals surface area contributed by atoms with Crippen LogP contribution < -0.4 is 5.32 Å². The number of halogens is 1. The molecule has 2 unspecified atom stereocenters. The first-order chi connectivity index (χ1) is 8.20.